The van der Waals surface area contributed by atoms with Crippen molar-refractivity contribution in [1.82, 2.24) is 25.9 Å². The molecule has 0 bridgehead atoms. The summed E-state index contributed by atoms with van der Waals surface area (Å²) in [5.74, 6) is -3.39. The van der Waals surface area contributed by atoms with Gasteiger partial charge in [-0.25, -0.2) is 9.78 Å². The number of hydrogen-bond donors (Lipinski definition) is 7. The van der Waals surface area contributed by atoms with Crippen molar-refractivity contribution >= 4 is 23.7 Å². The molecule has 8 N–H and O–H groups in total. The number of carboxylic acids is 1. The molecule has 0 aliphatic heterocycles. The van der Waals surface area contributed by atoms with Gasteiger partial charge < -0.3 is 36.9 Å². The summed E-state index contributed by atoms with van der Waals surface area (Å²) >= 11 is 0. The SMILES string of the molecule is CC(C)CC(NC(=O)C(NC(=O)C(C)N)C(C)O)C(=O)NC(Cc1cnc[nH]1)C(=O)O. The van der Waals surface area contributed by atoms with Crippen molar-refractivity contribution in [3.05, 3.63) is 18.2 Å². The number of carboxylic acid groups (broad SMARTS) is 1. The van der Waals surface area contributed by atoms with E-state index in [1.165, 1.54) is 26.4 Å². The van der Waals surface area contributed by atoms with Crippen LogP contribution in [0.15, 0.2) is 12.5 Å². The number of aliphatic hydroxyl groups is 1. The van der Waals surface area contributed by atoms with E-state index in [9.17, 15) is 29.4 Å². The number of aromatic amines is 1. The first-order valence-electron chi connectivity index (χ1n) is 9.97. The number of aromatic nitrogens is 2. The Hall–Kier alpha value is -2.99. The number of carbonyl (C=O) groups is 4. The minimum atomic E-state index is -1.33. The molecule has 0 aromatic carbocycles. The Labute approximate surface area is 180 Å². The molecule has 0 saturated carbocycles. The molecular formula is C19H32N6O6. The highest BCUT2D eigenvalue weighted by atomic mass is 16.4. The van der Waals surface area contributed by atoms with Crippen LogP contribution in [0.4, 0.5) is 0 Å². The van der Waals surface area contributed by atoms with Crippen LogP contribution in [0.1, 0.15) is 39.8 Å². The second-order valence-electron chi connectivity index (χ2n) is 7.89. The Morgan fingerprint density at radius 2 is 1.65 bits per heavy atom. The van der Waals surface area contributed by atoms with Crippen molar-refractivity contribution < 1.29 is 29.4 Å². The molecule has 0 spiro atoms. The fourth-order valence-electron chi connectivity index (χ4n) is 2.74. The molecule has 5 atom stereocenters. The highest BCUT2D eigenvalue weighted by Gasteiger charge is 2.32. The third kappa shape index (κ3) is 8.72. The minimum absolute atomic E-state index is 0.0180. The number of nitrogens with one attached hydrogen (secondary N) is 4. The van der Waals surface area contributed by atoms with Crippen molar-refractivity contribution in [2.45, 2.75) is 70.8 Å². The quantitative estimate of drug-likeness (QED) is 0.199. The molecule has 12 heteroatoms. The maximum absolute atomic E-state index is 12.8. The van der Waals surface area contributed by atoms with E-state index >= 15 is 0 Å². The van der Waals surface area contributed by atoms with Crippen LogP contribution in [-0.2, 0) is 25.6 Å². The van der Waals surface area contributed by atoms with Crippen molar-refractivity contribution in [3.8, 4) is 0 Å². The zero-order chi connectivity index (χ0) is 23.7. The van der Waals surface area contributed by atoms with E-state index in [4.69, 9.17) is 5.73 Å². The molecule has 3 amide bonds. The second kappa shape index (κ2) is 12.0. The van der Waals surface area contributed by atoms with E-state index in [0.717, 1.165) is 0 Å². The summed E-state index contributed by atoms with van der Waals surface area (Å²) in [6.45, 7) is 6.40. The van der Waals surface area contributed by atoms with Crippen molar-refractivity contribution in [2.75, 3.05) is 0 Å². The van der Waals surface area contributed by atoms with Gasteiger partial charge in [-0.15, -0.1) is 0 Å². The van der Waals surface area contributed by atoms with Crippen LogP contribution in [0.3, 0.4) is 0 Å². The monoisotopic (exact) mass is 440 g/mol. The van der Waals surface area contributed by atoms with Gasteiger partial charge in [0.15, 0.2) is 0 Å². The summed E-state index contributed by atoms with van der Waals surface area (Å²) in [5, 5.41) is 26.6. The number of hydrogen-bond acceptors (Lipinski definition) is 7. The molecule has 1 heterocycles. The first-order chi connectivity index (χ1) is 14.4. The number of rotatable bonds is 12. The lowest BCUT2D eigenvalue weighted by atomic mass is 10.0. The average Bonchev–Trinajstić information content (AvgIpc) is 3.16. The van der Waals surface area contributed by atoms with E-state index in [-0.39, 0.29) is 18.8 Å². The van der Waals surface area contributed by atoms with Crippen molar-refractivity contribution in [1.29, 1.82) is 0 Å². The van der Waals surface area contributed by atoms with E-state index < -0.39 is 54.0 Å². The van der Waals surface area contributed by atoms with Gasteiger partial charge in [-0.2, -0.15) is 0 Å². The number of aliphatic hydroxyl groups excluding tert-OH is 1. The van der Waals surface area contributed by atoms with Gasteiger partial charge in [-0.1, -0.05) is 13.8 Å². The number of imidazole rings is 1. The fraction of sp³-hybridized carbons (Fsp3) is 0.632. The molecular weight excluding hydrogens is 408 g/mol. The zero-order valence-electron chi connectivity index (χ0n) is 18.1. The Bertz CT molecular complexity index is 749. The Balaban J connectivity index is 2.94. The lowest BCUT2D eigenvalue weighted by Gasteiger charge is -2.26. The smallest absolute Gasteiger partial charge is 0.326 e. The number of aliphatic carboxylic acids is 1. The maximum atomic E-state index is 12.8. The number of amides is 3. The molecule has 0 aliphatic rings. The maximum Gasteiger partial charge on any atom is 0.326 e. The summed E-state index contributed by atoms with van der Waals surface area (Å²) in [6, 6.07) is -4.56. The highest BCUT2D eigenvalue weighted by Crippen LogP contribution is 2.08. The average molecular weight is 441 g/mol. The number of nitrogens with two attached hydrogens (primary N) is 1. The van der Waals surface area contributed by atoms with Gasteiger partial charge >= 0.3 is 5.97 Å². The first kappa shape index (κ1) is 26.0. The zero-order valence-corrected chi connectivity index (χ0v) is 18.1. The molecule has 1 aromatic heterocycles. The van der Waals surface area contributed by atoms with Crippen LogP contribution < -0.4 is 21.7 Å². The summed E-state index contributed by atoms with van der Waals surface area (Å²) in [5.41, 5.74) is 6.00. The van der Waals surface area contributed by atoms with Gasteiger partial charge in [-0.3, -0.25) is 14.4 Å². The van der Waals surface area contributed by atoms with Crippen LogP contribution in [0.2, 0.25) is 0 Å². The van der Waals surface area contributed by atoms with Crippen LogP contribution in [0, 0.1) is 5.92 Å². The summed E-state index contributed by atoms with van der Waals surface area (Å²) < 4.78 is 0. The van der Waals surface area contributed by atoms with Crippen LogP contribution in [0.5, 0.6) is 0 Å². The summed E-state index contributed by atoms with van der Waals surface area (Å²) in [6.07, 6.45) is 1.78. The normalized spacial score (nSPS) is 16.0. The van der Waals surface area contributed by atoms with Crippen molar-refractivity contribution in [2.24, 2.45) is 11.7 Å². The fourth-order valence-corrected chi connectivity index (χ4v) is 2.74. The van der Waals surface area contributed by atoms with Crippen LogP contribution in [0.25, 0.3) is 0 Å². The molecule has 1 aromatic rings. The van der Waals surface area contributed by atoms with Gasteiger partial charge in [0, 0.05) is 18.3 Å². The van der Waals surface area contributed by atoms with Gasteiger partial charge in [0.05, 0.1) is 18.5 Å². The predicted octanol–water partition coefficient (Wildman–Crippen LogP) is -1.73. The third-order valence-electron chi connectivity index (χ3n) is 4.41. The Kier molecular flexibility index (Phi) is 10.1. The highest BCUT2D eigenvalue weighted by molar-refractivity contribution is 5.94. The van der Waals surface area contributed by atoms with Gasteiger partial charge in [0.25, 0.3) is 0 Å². The standard InChI is InChI=1S/C19H32N6O6/c1-9(2)5-13(23-18(29)15(11(4)26)25-16(27)10(3)20)17(28)24-14(19(30)31)6-12-7-21-8-22-12/h7-11,13-15,26H,5-6,20H2,1-4H3,(H,21,22)(H,23,29)(H,24,28)(H,25,27)(H,30,31). The van der Waals surface area contributed by atoms with Crippen LogP contribution in [-0.4, -0.2) is 74.1 Å². The number of H-pyrrole nitrogens is 1. The van der Waals surface area contributed by atoms with E-state index in [1.54, 1.807) is 0 Å². The molecule has 174 valence electrons. The van der Waals surface area contributed by atoms with Gasteiger partial charge in [-0.05, 0) is 26.2 Å². The summed E-state index contributed by atoms with van der Waals surface area (Å²) in [7, 11) is 0. The van der Waals surface area contributed by atoms with Gasteiger partial charge in [0.2, 0.25) is 17.7 Å². The molecule has 1 rings (SSSR count). The molecule has 0 saturated heterocycles. The Morgan fingerprint density at radius 1 is 1.03 bits per heavy atom. The molecule has 0 radical (unpaired) electrons. The third-order valence-corrected chi connectivity index (χ3v) is 4.41. The first-order valence-corrected chi connectivity index (χ1v) is 9.97. The molecule has 0 fully saturated rings. The summed E-state index contributed by atoms with van der Waals surface area (Å²) in [4.78, 5) is 55.5. The largest absolute Gasteiger partial charge is 0.480 e. The number of nitrogens with zero attached hydrogens (tertiary/aromatic N) is 1. The minimum Gasteiger partial charge on any atom is -0.480 e. The van der Waals surface area contributed by atoms with E-state index in [0.29, 0.717) is 5.69 Å². The molecule has 12 nitrogen and oxygen atoms in total. The molecule has 31 heavy (non-hydrogen) atoms. The molecule has 5 unspecified atom stereocenters. The van der Waals surface area contributed by atoms with E-state index in [1.807, 2.05) is 13.8 Å². The predicted molar refractivity (Wildman–Crippen MR) is 111 cm³/mol. The number of carbonyl (C=O) groups excluding carboxylic acids is 3. The lowest BCUT2D eigenvalue weighted by Crippen LogP contribution is -2.59. The van der Waals surface area contributed by atoms with Crippen LogP contribution >= 0.6 is 0 Å². The lowest BCUT2D eigenvalue weighted by molar-refractivity contribution is -0.142. The molecule has 0 aliphatic carbocycles. The Morgan fingerprint density at radius 3 is 2.10 bits per heavy atom. The van der Waals surface area contributed by atoms with E-state index in [2.05, 4.69) is 25.9 Å². The van der Waals surface area contributed by atoms with Gasteiger partial charge in [0.1, 0.15) is 18.1 Å². The topological polar surface area (TPSA) is 200 Å². The second-order valence-corrected chi connectivity index (χ2v) is 7.89. The van der Waals surface area contributed by atoms with Crippen molar-refractivity contribution in [3.63, 3.8) is 0 Å².